The van der Waals surface area contributed by atoms with Crippen LogP contribution in [-0.2, 0) is 16.0 Å². The van der Waals surface area contributed by atoms with Crippen molar-refractivity contribution in [3.8, 4) is 0 Å². The van der Waals surface area contributed by atoms with Gasteiger partial charge in [0.25, 0.3) is 0 Å². The summed E-state index contributed by atoms with van der Waals surface area (Å²) in [5.41, 5.74) is 7.43. The molecule has 1 aromatic carbocycles. The lowest BCUT2D eigenvalue weighted by Gasteiger charge is -2.04. The molecule has 1 aromatic heterocycles. The summed E-state index contributed by atoms with van der Waals surface area (Å²) in [6, 6.07) is 6.91. The molecule has 0 bridgehead atoms. The molecule has 5 N–H and O–H groups in total. The lowest BCUT2D eigenvalue weighted by molar-refractivity contribution is -0.139. The molecular weight excluding hydrogens is 320 g/mol. The summed E-state index contributed by atoms with van der Waals surface area (Å²) >= 11 is 0. The van der Waals surface area contributed by atoms with E-state index < -0.39 is 18.0 Å². The van der Waals surface area contributed by atoms with Crippen molar-refractivity contribution in [3.63, 3.8) is 0 Å². The van der Waals surface area contributed by atoms with Crippen LogP contribution in [0.4, 0.5) is 0 Å². The number of aliphatic carboxylic acids is 2. The number of aromatic amines is 1. The second-order valence-corrected chi connectivity index (χ2v) is 6.07. The van der Waals surface area contributed by atoms with Crippen molar-refractivity contribution >= 4 is 22.8 Å². The number of fused-ring (bicyclic) bond motifs is 1. The highest BCUT2D eigenvalue weighted by atomic mass is 16.4. The molecule has 2 rings (SSSR count). The molecule has 0 fully saturated rings. The highest BCUT2D eigenvalue weighted by molar-refractivity contribution is 5.84. The predicted molar refractivity (Wildman–Crippen MR) is 98.6 cm³/mol. The number of nitrogens with one attached hydrogen (secondary N) is 1. The van der Waals surface area contributed by atoms with Gasteiger partial charge in [0.05, 0.1) is 0 Å². The van der Waals surface area contributed by atoms with Gasteiger partial charge >= 0.3 is 11.9 Å². The highest BCUT2D eigenvalue weighted by Gasteiger charge is 2.14. The molecule has 0 spiro atoms. The van der Waals surface area contributed by atoms with Gasteiger partial charge in [-0.3, -0.25) is 9.59 Å². The third-order valence-electron chi connectivity index (χ3n) is 3.93. The minimum absolute atomic E-state index is 0.337. The van der Waals surface area contributed by atoms with Gasteiger partial charge in [-0.25, -0.2) is 0 Å². The molecule has 1 heterocycles. The minimum atomic E-state index is -0.972. The Morgan fingerprint density at radius 2 is 1.80 bits per heavy atom. The van der Waals surface area contributed by atoms with E-state index in [1.54, 1.807) is 0 Å². The number of aromatic nitrogens is 1. The van der Waals surface area contributed by atoms with Crippen LogP contribution in [0.15, 0.2) is 30.5 Å². The predicted octanol–water partition coefficient (Wildman–Crippen LogP) is 3.55. The van der Waals surface area contributed by atoms with Gasteiger partial charge in [-0.05, 0) is 18.1 Å². The van der Waals surface area contributed by atoms with Crippen LogP contribution in [-0.4, -0.2) is 33.2 Å². The van der Waals surface area contributed by atoms with Crippen LogP contribution in [0.2, 0.25) is 0 Å². The lowest BCUT2D eigenvalue weighted by atomic mass is 10.1. The quantitative estimate of drug-likeness (QED) is 0.517. The molecule has 0 aliphatic carbocycles. The molecule has 0 radical (unpaired) electrons. The Balaban J connectivity index is 0.000000275. The zero-order valence-corrected chi connectivity index (χ0v) is 14.7. The van der Waals surface area contributed by atoms with E-state index in [0.29, 0.717) is 12.8 Å². The number of unbranched alkanes of at least 4 members (excludes halogenated alkanes) is 4. The second-order valence-electron chi connectivity index (χ2n) is 6.07. The summed E-state index contributed by atoms with van der Waals surface area (Å²) in [7, 11) is 0. The molecule has 0 saturated carbocycles. The van der Waals surface area contributed by atoms with E-state index in [1.807, 2.05) is 30.5 Å². The smallest absolute Gasteiger partial charge is 0.320 e. The first-order valence-electron chi connectivity index (χ1n) is 8.70. The number of carbonyl (C=O) groups is 2. The molecule has 6 heteroatoms. The maximum Gasteiger partial charge on any atom is 0.320 e. The first-order chi connectivity index (χ1) is 12.0. The molecule has 6 nitrogen and oxygen atoms in total. The van der Waals surface area contributed by atoms with Crippen molar-refractivity contribution in [2.75, 3.05) is 0 Å². The molecule has 25 heavy (non-hydrogen) atoms. The maximum atomic E-state index is 10.6. The lowest BCUT2D eigenvalue weighted by Crippen LogP contribution is -2.32. The number of para-hydroxylation sites is 1. The van der Waals surface area contributed by atoms with Crippen molar-refractivity contribution in [2.24, 2.45) is 5.73 Å². The Morgan fingerprint density at radius 3 is 2.44 bits per heavy atom. The Hall–Kier alpha value is -2.34. The molecular formula is C19H28N2O4. The SMILES string of the molecule is CCCCCCCC(=O)O.NC(Cc1c[nH]c2ccccc12)C(=O)O. The van der Waals surface area contributed by atoms with Gasteiger partial charge in [-0.2, -0.15) is 0 Å². The van der Waals surface area contributed by atoms with Crippen LogP contribution >= 0.6 is 0 Å². The number of hydrogen-bond donors (Lipinski definition) is 4. The van der Waals surface area contributed by atoms with Crippen LogP contribution in [0.5, 0.6) is 0 Å². The Bertz CT molecular complexity index is 666. The number of carboxylic acids is 2. The van der Waals surface area contributed by atoms with E-state index in [0.717, 1.165) is 29.3 Å². The van der Waals surface area contributed by atoms with Crippen LogP contribution in [0.1, 0.15) is 51.0 Å². The molecule has 1 unspecified atom stereocenters. The van der Waals surface area contributed by atoms with Gasteiger partial charge in [0, 0.05) is 29.9 Å². The molecule has 0 saturated heterocycles. The standard InChI is InChI=1S/C11H12N2O2.C8H16O2/c12-9(11(14)15)5-7-6-13-10-4-2-1-3-8(7)10;1-2-3-4-5-6-7-8(9)10/h1-4,6,9,13H,5,12H2,(H,14,15);2-7H2,1H3,(H,9,10). The third-order valence-corrected chi connectivity index (χ3v) is 3.93. The van der Waals surface area contributed by atoms with Crippen molar-refractivity contribution in [1.82, 2.24) is 4.98 Å². The van der Waals surface area contributed by atoms with E-state index in [4.69, 9.17) is 15.9 Å². The van der Waals surface area contributed by atoms with E-state index in [1.165, 1.54) is 19.3 Å². The summed E-state index contributed by atoms with van der Waals surface area (Å²) in [6.07, 6.45) is 8.04. The fourth-order valence-corrected chi connectivity index (χ4v) is 2.50. The summed E-state index contributed by atoms with van der Waals surface area (Å²) < 4.78 is 0. The van der Waals surface area contributed by atoms with Crippen molar-refractivity contribution in [1.29, 1.82) is 0 Å². The largest absolute Gasteiger partial charge is 0.481 e. The average Bonchev–Trinajstić information content (AvgIpc) is 2.98. The van der Waals surface area contributed by atoms with Gasteiger partial charge in [-0.1, -0.05) is 50.8 Å². The summed E-state index contributed by atoms with van der Waals surface area (Å²) in [5.74, 6) is -1.64. The molecule has 1 atom stereocenters. The van der Waals surface area contributed by atoms with Crippen molar-refractivity contribution in [3.05, 3.63) is 36.0 Å². The fourth-order valence-electron chi connectivity index (χ4n) is 2.50. The Labute approximate surface area is 148 Å². The topological polar surface area (TPSA) is 116 Å². The second kappa shape index (κ2) is 11.3. The van der Waals surface area contributed by atoms with Gasteiger partial charge in [0.1, 0.15) is 6.04 Å². The Morgan fingerprint density at radius 1 is 1.12 bits per heavy atom. The minimum Gasteiger partial charge on any atom is -0.481 e. The van der Waals surface area contributed by atoms with Gasteiger partial charge in [0.2, 0.25) is 0 Å². The van der Waals surface area contributed by atoms with Crippen LogP contribution in [0.3, 0.4) is 0 Å². The van der Waals surface area contributed by atoms with Gasteiger partial charge in [-0.15, -0.1) is 0 Å². The van der Waals surface area contributed by atoms with Crippen LogP contribution in [0.25, 0.3) is 10.9 Å². The summed E-state index contributed by atoms with van der Waals surface area (Å²) in [4.78, 5) is 23.7. The van der Waals surface area contributed by atoms with Crippen molar-refractivity contribution in [2.45, 2.75) is 57.9 Å². The fraction of sp³-hybridized carbons (Fsp3) is 0.474. The summed E-state index contributed by atoms with van der Waals surface area (Å²) in [5, 5.41) is 18.0. The Kier molecular flexibility index (Phi) is 9.32. The number of H-pyrrole nitrogens is 1. The van der Waals surface area contributed by atoms with E-state index in [9.17, 15) is 9.59 Å². The number of nitrogens with two attached hydrogens (primary N) is 1. The van der Waals surface area contributed by atoms with E-state index in [2.05, 4.69) is 11.9 Å². The highest BCUT2D eigenvalue weighted by Crippen LogP contribution is 2.18. The first-order valence-corrected chi connectivity index (χ1v) is 8.70. The number of hydrogen-bond acceptors (Lipinski definition) is 3. The monoisotopic (exact) mass is 348 g/mol. The number of carboxylic acid groups (broad SMARTS) is 2. The summed E-state index contributed by atoms with van der Waals surface area (Å²) in [6.45, 7) is 2.15. The first kappa shape index (κ1) is 20.7. The molecule has 0 aliphatic rings. The number of benzene rings is 1. The van der Waals surface area contributed by atoms with Crippen molar-refractivity contribution < 1.29 is 19.8 Å². The molecule has 0 aliphatic heterocycles. The average molecular weight is 348 g/mol. The van der Waals surface area contributed by atoms with E-state index >= 15 is 0 Å². The third kappa shape index (κ3) is 7.85. The molecule has 2 aromatic rings. The maximum absolute atomic E-state index is 10.6. The zero-order valence-electron chi connectivity index (χ0n) is 14.7. The van der Waals surface area contributed by atoms with Gasteiger partial charge < -0.3 is 20.9 Å². The molecule has 138 valence electrons. The number of rotatable bonds is 9. The normalized spacial score (nSPS) is 11.6. The van der Waals surface area contributed by atoms with Crippen LogP contribution < -0.4 is 5.73 Å². The van der Waals surface area contributed by atoms with Crippen LogP contribution in [0, 0.1) is 0 Å². The van der Waals surface area contributed by atoms with E-state index in [-0.39, 0.29) is 0 Å². The van der Waals surface area contributed by atoms with Gasteiger partial charge in [0.15, 0.2) is 0 Å². The zero-order chi connectivity index (χ0) is 18.7. The molecule has 0 amide bonds.